The summed E-state index contributed by atoms with van der Waals surface area (Å²) in [4.78, 5) is 12.6. The van der Waals surface area contributed by atoms with Crippen molar-refractivity contribution in [3.8, 4) is 0 Å². The summed E-state index contributed by atoms with van der Waals surface area (Å²) in [5.41, 5.74) is 0.546. The molecular formula is C11H14FNO. The Morgan fingerprint density at radius 1 is 1.43 bits per heavy atom. The summed E-state index contributed by atoms with van der Waals surface area (Å²) in [7, 11) is 1.67. The third-order valence-electron chi connectivity index (χ3n) is 2.43. The Morgan fingerprint density at radius 3 is 2.50 bits per heavy atom. The van der Waals surface area contributed by atoms with Crippen molar-refractivity contribution in [1.82, 2.24) is 4.90 Å². The Hall–Kier alpha value is -1.38. The molecule has 0 fully saturated rings. The standard InChI is InChI=1S/C11H14FNO/c1-8(13(3)9(2)14)10-6-4-5-7-11(10)12/h4-8H,1-3H3. The fraction of sp³-hybridized carbons (Fsp3) is 0.364. The minimum Gasteiger partial charge on any atom is -0.339 e. The van der Waals surface area contributed by atoms with Gasteiger partial charge in [-0.25, -0.2) is 4.39 Å². The highest BCUT2D eigenvalue weighted by molar-refractivity contribution is 5.73. The lowest BCUT2D eigenvalue weighted by molar-refractivity contribution is -0.129. The summed E-state index contributed by atoms with van der Waals surface area (Å²) in [6.07, 6.45) is 0. The summed E-state index contributed by atoms with van der Waals surface area (Å²) >= 11 is 0. The Labute approximate surface area is 83.3 Å². The van der Waals surface area contributed by atoms with E-state index in [2.05, 4.69) is 0 Å². The molecule has 2 nitrogen and oxygen atoms in total. The number of amides is 1. The average Bonchev–Trinajstić information content (AvgIpc) is 2.16. The van der Waals surface area contributed by atoms with Crippen LogP contribution in [0.5, 0.6) is 0 Å². The number of carbonyl (C=O) groups is 1. The van der Waals surface area contributed by atoms with Crippen LogP contribution >= 0.6 is 0 Å². The number of nitrogens with zero attached hydrogens (tertiary/aromatic N) is 1. The van der Waals surface area contributed by atoms with E-state index in [1.54, 1.807) is 32.2 Å². The van der Waals surface area contributed by atoms with Crippen molar-refractivity contribution in [3.05, 3.63) is 35.6 Å². The molecule has 1 amide bonds. The van der Waals surface area contributed by atoms with Crippen molar-refractivity contribution in [3.63, 3.8) is 0 Å². The number of rotatable bonds is 2. The summed E-state index contributed by atoms with van der Waals surface area (Å²) in [6, 6.07) is 6.27. The largest absolute Gasteiger partial charge is 0.339 e. The lowest BCUT2D eigenvalue weighted by Crippen LogP contribution is -2.27. The van der Waals surface area contributed by atoms with Gasteiger partial charge in [-0.05, 0) is 13.0 Å². The molecule has 3 heteroatoms. The van der Waals surface area contributed by atoms with E-state index in [4.69, 9.17) is 0 Å². The van der Waals surface area contributed by atoms with E-state index in [-0.39, 0.29) is 17.8 Å². The molecule has 0 heterocycles. The van der Waals surface area contributed by atoms with Crippen LogP contribution in [0.15, 0.2) is 24.3 Å². The van der Waals surface area contributed by atoms with Crippen LogP contribution in [0.3, 0.4) is 0 Å². The molecule has 0 saturated heterocycles. The van der Waals surface area contributed by atoms with Crippen molar-refractivity contribution in [2.24, 2.45) is 0 Å². The number of hydrogen-bond donors (Lipinski definition) is 0. The molecule has 1 atom stereocenters. The van der Waals surface area contributed by atoms with E-state index in [0.29, 0.717) is 5.56 Å². The van der Waals surface area contributed by atoms with Crippen molar-refractivity contribution in [2.75, 3.05) is 7.05 Å². The van der Waals surface area contributed by atoms with Crippen LogP contribution in [0.1, 0.15) is 25.5 Å². The molecule has 1 rings (SSSR count). The molecule has 0 aliphatic carbocycles. The SMILES string of the molecule is CC(=O)N(C)C(C)c1ccccc1F. The molecule has 14 heavy (non-hydrogen) atoms. The molecule has 0 aromatic heterocycles. The minimum absolute atomic E-state index is 0.0687. The van der Waals surface area contributed by atoms with E-state index in [9.17, 15) is 9.18 Å². The van der Waals surface area contributed by atoms with Crippen LogP contribution in [-0.2, 0) is 4.79 Å². The number of hydrogen-bond acceptors (Lipinski definition) is 1. The quantitative estimate of drug-likeness (QED) is 0.709. The topological polar surface area (TPSA) is 20.3 Å². The second-order valence-corrected chi connectivity index (χ2v) is 3.33. The Kier molecular flexibility index (Phi) is 3.23. The molecule has 1 unspecified atom stereocenters. The van der Waals surface area contributed by atoms with E-state index in [1.807, 2.05) is 0 Å². The molecule has 1 aromatic rings. The van der Waals surface area contributed by atoms with Gasteiger partial charge in [-0.1, -0.05) is 18.2 Å². The first-order valence-electron chi connectivity index (χ1n) is 4.52. The van der Waals surface area contributed by atoms with E-state index < -0.39 is 0 Å². The number of benzene rings is 1. The lowest BCUT2D eigenvalue weighted by atomic mass is 10.1. The van der Waals surface area contributed by atoms with Crippen molar-refractivity contribution >= 4 is 5.91 Å². The summed E-state index contributed by atoms with van der Waals surface area (Å²) < 4.78 is 13.3. The van der Waals surface area contributed by atoms with Crippen molar-refractivity contribution in [2.45, 2.75) is 19.9 Å². The third kappa shape index (κ3) is 2.10. The Balaban J connectivity index is 2.94. The maximum absolute atomic E-state index is 13.3. The molecule has 1 aromatic carbocycles. The van der Waals surface area contributed by atoms with E-state index in [1.165, 1.54) is 17.9 Å². The zero-order valence-electron chi connectivity index (χ0n) is 8.62. The lowest BCUT2D eigenvalue weighted by Gasteiger charge is -2.24. The highest BCUT2D eigenvalue weighted by Gasteiger charge is 2.16. The zero-order valence-corrected chi connectivity index (χ0v) is 8.62. The first-order chi connectivity index (χ1) is 6.54. The minimum atomic E-state index is -0.270. The second kappa shape index (κ2) is 4.22. The fourth-order valence-electron chi connectivity index (χ4n) is 1.30. The van der Waals surface area contributed by atoms with Gasteiger partial charge in [-0.2, -0.15) is 0 Å². The molecule has 0 N–H and O–H groups in total. The summed E-state index contributed by atoms with van der Waals surface area (Å²) in [6.45, 7) is 3.27. The van der Waals surface area contributed by atoms with Crippen LogP contribution in [-0.4, -0.2) is 17.9 Å². The van der Waals surface area contributed by atoms with Gasteiger partial charge in [-0.15, -0.1) is 0 Å². The van der Waals surface area contributed by atoms with Gasteiger partial charge in [0.2, 0.25) is 5.91 Å². The van der Waals surface area contributed by atoms with Gasteiger partial charge in [-0.3, -0.25) is 4.79 Å². The van der Waals surface area contributed by atoms with E-state index >= 15 is 0 Å². The predicted octanol–water partition coefficient (Wildman–Crippen LogP) is 2.37. The van der Waals surface area contributed by atoms with Crippen LogP contribution in [0.2, 0.25) is 0 Å². The first kappa shape index (κ1) is 10.7. The monoisotopic (exact) mass is 195 g/mol. The smallest absolute Gasteiger partial charge is 0.219 e. The molecular weight excluding hydrogens is 181 g/mol. The highest BCUT2D eigenvalue weighted by Crippen LogP contribution is 2.21. The maximum atomic E-state index is 13.3. The summed E-state index contributed by atoms with van der Waals surface area (Å²) in [5.74, 6) is -0.339. The number of halogens is 1. The van der Waals surface area contributed by atoms with Crippen LogP contribution in [0, 0.1) is 5.82 Å². The predicted molar refractivity (Wildman–Crippen MR) is 53.3 cm³/mol. The highest BCUT2D eigenvalue weighted by atomic mass is 19.1. The zero-order chi connectivity index (χ0) is 10.7. The van der Waals surface area contributed by atoms with Gasteiger partial charge in [0, 0.05) is 19.5 Å². The van der Waals surface area contributed by atoms with Crippen LogP contribution in [0.4, 0.5) is 4.39 Å². The third-order valence-corrected chi connectivity index (χ3v) is 2.43. The van der Waals surface area contributed by atoms with Crippen LogP contribution < -0.4 is 0 Å². The van der Waals surface area contributed by atoms with Gasteiger partial charge < -0.3 is 4.90 Å². The van der Waals surface area contributed by atoms with Crippen molar-refractivity contribution in [1.29, 1.82) is 0 Å². The molecule has 76 valence electrons. The Bertz CT molecular complexity index is 338. The fourth-order valence-corrected chi connectivity index (χ4v) is 1.30. The van der Waals surface area contributed by atoms with Gasteiger partial charge in [0.05, 0.1) is 6.04 Å². The normalized spacial score (nSPS) is 12.3. The second-order valence-electron chi connectivity index (χ2n) is 3.33. The van der Waals surface area contributed by atoms with Crippen molar-refractivity contribution < 1.29 is 9.18 Å². The van der Waals surface area contributed by atoms with Gasteiger partial charge in [0.1, 0.15) is 5.82 Å². The van der Waals surface area contributed by atoms with Gasteiger partial charge in [0.15, 0.2) is 0 Å². The van der Waals surface area contributed by atoms with Gasteiger partial charge in [0.25, 0.3) is 0 Å². The molecule has 0 spiro atoms. The number of carbonyl (C=O) groups excluding carboxylic acids is 1. The molecule has 0 aliphatic heterocycles. The average molecular weight is 195 g/mol. The molecule has 0 radical (unpaired) electrons. The Morgan fingerprint density at radius 2 is 2.00 bits per heavy atom. The molecule has 0 aliphatic rings. The van der Waals surface area contributed by atoms with Crippen LogP contribution in [0.25, 0.3) is 0 Å². The molecule has 0 bridgehead atoms. The van der Waals surface area contributed by atoms with E-state index in [0.717, 1.165) is 0 Å². The van der Waals surface area contributed by atoms with Gasteiger partial charge >= 0.3 is 0 Å². The first-order valence-corrected chi connectivity index (χ1v) is 4.52. The maximum Gasteiger partial charge on any atom is 0.219 e. The summed E-state index contributed by atoms with van der Waals surface area (Å²) in [5, 5.41) is 0. The molecule has 0 saturated carbocycles.